The largest absolute Gasteiger partial charge is 0.491 e. The molecule has 2 atom stereocenters. The maximum absolute atomic E-state index is 14.4. The Morgan fingerprint density at radius 1 is 0.927 bits per heavy atom. The molecule has 3 aromatic carbocycles. The van der Waals surface area contributed by atoms with Crippen molar-refractivity contribution in [1.29, 1.82) is 0 Å². The number of carbonyl (C=O) groups is 5. The number of halogens is 1. The molecule has 55 heavy (non-hydrogen) atoms. The van der Waals surface area contributed by atoms with Gasteiger partial charge in [-0.2, -0.15) is 0 Å². The molecule has 0 radical (unpaired) electrons. The molecule has 2 aliphatic heterocycles. The normalized spacial score (nSPS) is 20.4. The van der Waals surface area contributed by atoms with Crippen LogP contribution in [0.25, 0.3) is 0 Å². The Morgan fingerprint density at radius 2 is 1.65 bits per heavy atom. The molecule has 0 spiro atoms. The van der Waals surface area contributed by atoms with E-state index in [1.807, 2.05) is 50.2 Å². The van der Waals surface area contributed by atoms with Crippen LogP contribution in [-0.4, -0.2) is 97.9 Å². The van der Waals surface area contributed by atoms with Crippen molar-refractivity contribution in [3.63, 3.8) is 0 Å². The van der Waals surface area contributed by atoms with Crippen molar-refractivity contribution >= 4 is 29.5 Å². The molecular formula is C42H52FN5O7. The summed E-state index contributed by atoms with van der Waals surface area (Å²) >= 11 is 0. The summed E-state index contributed by atoms with van der Waals surface area (Å²) in [5, 5.41) is 8.82. The second kappa shape index (κ2) is 19.3. The van der Waals surface area contributed by atoms with Crippen LogP contribution >= 0.6 is 0 Å². The predicted molar refractivity (Wildman–Crippen MR) is 204 cm³/mol. The fourth-order valence-electron chi connectivity index (χ4n) is 7.06. The smallest absolute Gasteiger partial charge is 0.255 e. The molecule has 5 rings (SSSR count). The number of hydrogen-bond donors (Lipinski definition) is 3. The van der Waals surface area contributed by atoms with Crippen molar-refractivity contribution in [2.45, 2.75) is 70.0 Å². The number of nitrogens with zero attached hydrogens (tertiary/aromatic N) is 2. The summed E-state index contributed by atoms with van der Waals surface area (Å²) in [7, 11) is 1.51. The van der Waals surface area contributed by atoms with Gasteiger partial charge in [0.15, 0.2) is 0 Å². The highest BCUT2D eigenvalue weighted by atomic mass is 19.1. The SMILES string of the molecule is CC(C)C[C@H]1COc2ccccc2C(=O)N[C@H](C(=O)NCC2(c3cccc(F)c3)CCOCC2)CCC(=O)N(Cc2ccccc2)CC(=O)N(C)CC(=O)N1. The summed E-state index contributed by atoms with van der Waals surface area (Å²) < 4.78 is 26.2. The van der Waals surface area contributed by atoms with Gasteiger partial charge in [-0.05, 0) is 67.0 Å². The average molecular weight is 758 g/mol. The molecule has 1 saturated heterocycles. The standard InChI is InChI=1S/C42H52FN5O7/c1-29(2)22-33-27-55-36-15-8-7-14-34(36)40(52)46-35(41(53)44-28-42(18-20-54-21-19-42)31-12-9-13-32(43)23-31)16-17-38(50)48(24-30-10-5-4-6-11-30)26-39(51)47(3)25-37(49)45-33/h4-15,23,29,33,35H,16-22,24-28H2,1-3H3,(H,44,53)(H,45,49)(H,46,52)/t33-,35-/m0/s1. The fourth-order valence-corrected chi connectivity index (χ4v) is 7.06. The van der Waals surface area contributed by atoms with Crippen molar-refractivity contribution < 1.29 is 37.8 Å². The summed E-state index contributed by atoms with van der Waals surface area (Å²) in [5.74, 6) is -2.26. The first-order valence-corrected chi connectivity index (χ1v) is 18.9. The number of carbonyl (C=O) groups excluding carboxylic acids is 5. The van der Waals surface area contributed by atoms with Gasteiger partial charge in [-0.25, -0.2) is 4.39 Å². The number of ether oxygens (including phenoxy) is 2. The molecule has 1 fully saturated rings. The quantitative estimate of drug-likeness (QED) is 0.315. The Hall–Kier alpha value is -5.30. The number of fused-ring (bicyclic) bond motifs is 1. The lowest BCUT2D eigenvalue weighted by Crippen LogP contribution is -2.52. The number of rotatable bonds is 8. The first kappa shape index (κ1) is 40.9. The van der Waals surface area contributed by atoms with Crippen LogP contribution in [0, 0.1) is 11.7 Å². The van der Waals surface area contributed by atoms with Gasteiger partial charge in [0.05, 0.1) is 18.2 Å². The van der Waals surface area contributed by atoms with Crippen LogP contribution in [0.4, 0.5) is 4.39 Å². The van der Waals surface area contributed by atoms with E-state index in [9.17, 15) is 28.4 Å². The summed E-state index contributed by atoms with van der Waals surface area (Å²) in [6.07, 6.45) is 1.41. The van der Waals surface area contributed by atoms with E-state index in [0.29, 0.717) is 32.5 Å². The lowest BCUT2D eigenvalue weighted by Gasteiger charge is -2.38. The third-order valence-electron chi connectivity index (χ3n) is 10.2. The minimum Gasteiger partial charge on any atom is -0.491 e. The van der Waals surface area contributed by atoms with Crippen LogP contribution in [0.2, 0.25) is 0 Å². The number of amides is 5. The number of benzene rings is 3. The third kappa shape index (κ3) is 11.6. The third-order valence-corrected chi connectivity index (χ3v) is 10.2. The maximum Gasteiger partial charge on any atom is 0.255 e. The van der Waals surface area contributed by atoms with Crippen molar-refractivity contribution in [2.75, 3.05) is 46.5 Å². The zero-order valence-corrected chi connectivity index (χ0v) is 31.9. The minimum absolute atomic E-state index is 0.0566. The van der Waals surface area contributed by atoms with Crippen LogP contribution in [0.3, 0.4) is 0 Å². The van der Waals surface area contributed by atoms with Gasteiger partial charge in [0.2, 0.25) is 23.6 Å². The lowest BCUT2D eigenvalue weighted by atomic mass is 9.74. The molecule has 0 unspecified atom stereocenters. The van der Waals surface area contributed by atoms with Gasteiger partial charge in [-0.3, -0.25) is 24.0 Å². The molecule has 13 heteroatoms. The van der Waals surface area contributed by atoms with Gasteiger partial charge in [0, 0.05) is 45.2 Å². The maximum atomic E-state index is 14.4. The summed E-state index contributed by atoms with van der Waals surface area (Å²) in [5.41, 5.74) is 1.11. The topological polar surface area (TPSA) is 146 Å². The molecule has 5 amide bonds. The molecule has 294 valence electrons. The number of likely N-dealkylation sites (N-methyl/N-ethyl adjacent to an activating group) is 1. The molecule has 3 N–H and O–H groups in total. The average Bonchev–Trinajstić information content (AvgIpc) is 3.17. The molecule has 2 aliphatic rings. The van der Waals surface area contributed by atoms with Crippen molar-refractivity contribution in [2.24, 2.45) is 5.92 Å². The fraction of sp³-hybridized carbons (Fsp3) is 0.452. The summed E-state index contributed by atoms with van der Waals surface area (Å²) in [6.45, 7) is 4.70. The van der Waals surface area contributed by atoms with Crippen LogP contribution < -0.4 is 20.7 Å². The molecule has 12 nitrogen and oxygen atoms in total. The Balaban J connectivity index is 1.45. The van der Waals surface area contributed by atoms with E-state index in [0.717, 1.165) is 11.1 Å². The van der Waals surface area contributed by atoms with E-state index >= 15 is 0 Å². The van der Waals surface area contributed by atoms with Crippen LogP contribution in [0.1, 0.15) is 67.4 Å². The van der Waals surface area contributed by atoms with E-state index in [2.05, 4.69) is 16.0 Å². The zero-order valence-electron chi connectivity index (χ0n) is 31.9. The number of nitrogens with one attached hydrogen (secondary N) is 3. The molecule has 0 aliphatic carbocycles. The highest BCUT2D eigenvalue weighted by Gasteiger charge is 2.36. The van der Waals surface area contributed by atoms with Gasteiger partial charge in [0.25, 0.3) is 5.91 Å². The van der Waals surface area contributed by atoms with Gasteiger partial charge in [0.1, 0.15) is 30.8 Å². The highest BCUT2D eigenvalue weighted by molar-refractivity contribution is 6.00. The Labute approximate surface area is 322 Å². The van der Waals surface area contributed by atoms with Crippen LogP contribution in [-0.2, 0) is 35.9 Å². The number of hydrogen-bond acceptors (Lipinski definition) is 7. The van der Waals surface area contributed by atoms with E-state index in [1.54, 1.807) is 30.3 Å². The minimum atomic E-state index is -1.15. The monoisotopic (exact) mass is 757 g/mol. The van der Waals surface area contributed by atoms with E-state index in [4.69, 9.17) is 9.47 Å². The Kier molecular flexibility index (Phi) is 14.4. The molecule has 0 saturated carbocycles. The van der Waals surface area contributed by atoms with Gasteiger partial charge in [-0.1, -0.05) is 68.4 Å². The highest BCUT2D eigenvalue weighted by Crippen LogP contribution is 2.34. The molecular weight excluding hydrogens is 705 g/mol. The Bertz CT molecular complexity index is 1800. The van der Waals surface area contributed by atoms with Crippen LogP contribution in [0.15, 0.2) is 78.9 Å². The molecule has 0 bridgehead atoms. The number of para-hydroxylation sites is 1. The zero-order chi connectivity index (χ0) is 39.4. The molecule has 2 heterocycles. The van der Waals surface area contributed by atoms with Crippen LogP contribution in [0.5, 0.6) is 5.75 Å². The second-order valence-corrected chi connectivity index (χ2v) is 14.9. The lowest BCUT2D eigenvalue weighted by molar-refractivity contribution is -0.142. The predicted octanol–water partition coefficient (Wildman–Crippen LogP) is 3.98. The van der Waals surface area contributed by atoms with Crippen molar-refractivity contribution in [3.8, 4) is 5.75 Å². The first-order chi connectivity index (χ1) is 26.4. The van der Waals surface area contributed by atoms with Gasteiger partial charge >= 0.3 is 0 Å². The summed E-state index contributed by atoms with van der Waals surface area (Å²) in [4.78, 5) is 71.4. The van der Waals surface area contributed by atoms with Crippen molar-refractivity contribution in [3.05, 3.63) is 101 Å². The summed E-state index contributed by atoms with van der Waals surface area (Å²) in [6, 6.07) is 20.6. The van der Waals surface area contributed by atoms with Gasteiger partial charge < -0.3 is 35.2 Å². The molecule has 0 aromatic heterocycles. The Morgan fingerprint density at radius 3 is 2.38 bits per heavy atom. The van der Waals surface area contributed by atoms with Gasteiger partial charge in [-0.15, -0.1) is 0 Å². The molecule has 3 aromatic rings. The van der Waals surface area contributed by atoms with E-state index in [-0.39, 0.29) is 74.6 Å². The second-order valence-electron chi connectivity index (χ2n) is 14.9. The van der Waals surface area contributed by atoms with Crippen molar-refractivity contribution in [1.82, 2.24) is 25.8 Å². The van der Waals surface area contributed by atoms with E-state index in [1.165, 1.54) is 29.0 Å². The van der Waals surface area contributed by atoms with E-state index < -0.39 is 41.1 Å². The first-order valence-electron chi connectivity index (χ1n) is 18.9.